The van der Waals surface area contributed by atoms with E-state index >= 15 is 0 Å². The van der Waals surface area contributed by atoms with E-state index < -0.39 is 30.7 Å². The number of ether oxygens (including phenoxy) is 5. The Morgan fingerprint density at radius 3 is 1.96 bits per heavy atom. The van der Waals surface area contributed by atoms with Crippen molar-refractivity contribution < 1.29 is 37.3 Å². The summed E-state index contributed by atoms with van der Waals surface area (Å²) in [5.74, 6) is -1.50. The maximum absolute atomic E-state index is 6.09. The molecule has 3 rings (SSSR count). The summed E-state index contributed by atoms with van der Waals surface area (Å²) in [5.41, 5.74) is 0. The molecular weight excluding hydrogens is 383 g/mol. The van der Waals surface area contributed by atoms with Gasteiger partial charge in [-0.05, 0) is 53.3 Å². The van der Waals surface area contributed by atoms with E-state index in [0.29, 0.717) is 13.2 Å². The normalized spacial score (nSPS) is 38.2. The SMILES string of the molecule is CCOP(=S)(OCC)OC[C@H]1O[C@@H]2OC(C)(C)O[C@@H]2[C@H]2OC(C)(C)O[C@H]21. The van der Waals surface area contributed by atoms with Gasteiger partial charge in [-0.25, -0.2) is 0 Å². The van der Waals surface area contributed by atoms with Gasteiger partial charge in [-0.1, -0.05) is 0 Å². The molecule has 0 radical (unpaired) electrons. The highest BCUT2D eigenvalue weighted by Gasteiger charge is 2.60. The van der Waals surface area contributed by atoms with Crippen molar-refractivity contribution >= 4 is 18.5 Å². The van der Waals surface area contributed by atoms with E-state index in [-0.39, 0.29) is 24.9 Å². The van der Waals surface area contributed by atoms with Gasteiger partial charge in [-0.3, -0.25) is 0 Å². The van der Waals surface area contributed by atoms with Crippen LogP contribution >= 0.6 is 6.72 Å². The molecule has 0 unspecified atom stereocenters. The quantitative estimate of drug-likeness (QED) is 0.587. The van der Waals surface area contributed by atoms with Crippen LogP contribution in [0.15, 0.2) is 0 Å². The van der Waals surface area contributed by atoms with Crippen LogP contribution < -0.4 is 0 Å². The number of hydrogen-bond acceptors (Lipinski definition) is 9. The molecule has 0 saturated carbocycles. The predicted octanol–water partition coefficient (Wildman–Crippen LogP) is 2.70. The lowest BCUT2D eigenvalue weighted by Gasteiger charge is -2.37. The number of fused-ring (bicyclic) bond motifs is 3. The summed E-state index contributed by atoms with van der Waals surface area (Å²) in [4.78, 5) is 0. The van der Waals surface area contributed by atoms with E-state index in [2.05, 4.69) is 0 Å². The first-order valence-electron chi connectivity index (χ1n) is 8.98. The lowest BCUT2D eigenvalue weighted by molar-refractivity contribution is -0.239. The van der Waals surface area contributed by atoms with Crippen LogP contribution in [0.3, 0.4) is 0 Å². The summed E-state index contributed by atoms with van der Waals surface area (Å²) in [6, 6.07) is 0. The zero-order chi connectivity index (χ0) is 19.2. The Morgan fingerprint density at radius 1 is 0.808 bits per heavy atom. The van der Waals surface area contributed by atoms with Gasteiger partial charge in [0.1, 0.15) is 24.4 Å². The highest BCUT2D eigenvalue weighted by molar-refractivity contribution is 8.07. The van der Waals surface area contributed by atoms with Crippen molar-refractivity contribution in [1.29, 1.82) is 0 Å². The van der Waals surface area contributed by atoms with E-state index in [0.717, 1.165) is 0 Å². The second kappa shape index (κ2) is 7.63. The summed E-state index contributed by atoms with van der Waals surface area (Å²) in [7, 11) is 0. The summed E-state index contributed by atoms with van der Waals surface area (Å²) in [6.07, 6.45) is -2.06. The molecule has 0 aromatic carbocycles. The third-order valence-corrected chi connectivity index (χ3v) is 6.79. The molecular formula is C16H29O8PS. The average Bonchev–Trinajstić information content (AvgIpc) is 2.99. The van der Waals surface area contributed by atoms with Crippen LogP contribution in [0.4, 0.5) is 0 Å². The highest BCUT2D eigenvalue weighted by atomic mass is 32.5. The van der Waals surface area contributed by atoms with E-state index in [4.69, 9.17) is 49.1 Å². The zero-order valence-electron chi connectivity index (χ0n) is 16.1. The molecule has 0 spiro atoms. The summed E-state index contributed by atoms with van der Waals surface area (Å²) in [6.45, 7) is 9.29. The van der Waals surface area contributed by atoms with Crippen LogP contribution in [0.2, 0.25) is 0 Å². The smallest absolute Gasteiger partial charge is 0.327 e. The summed E-state index contributed by atoms with van der Waals surface area (Å²) >= 11 is 5.42. The minimum Gasteiger partial charge on any atom is -0.342 e. The first-order valence-corrected chi connectivity index (χ1v) is 11.5. The van der Waals surface area contributed by atoms with Crippen LogP contribution in [0.5, 0.6) is 0 Å². The van der Waals surface area contributed by atoms with Gasteiger partial charge >= 0.3 is 6.72 Å². The maximum Gasteiger partial charge on any atom is 0.327 e. The second-order valence-corrected chi connectivity index (χ2v) is 10.3. The number of hydrogen-bond donors (Lipinski definition) is 0. The molecule has 152 valence electrons. The van der Waals surface area contributed by atoms with Gasteiger partial charge < -0.3 is 37.3 Å². The van der Waals surface area contributed by atoms with Crippen LogP contribution in [-0.2, 0) is 49.1 Å². The van der Waals surface area contributed by atoms with E-state index in [9.17, 15) is 0 Å². The van der Waals surface area contributed by atoms with Crippen LogP contribution in [0.25, 0.3) is 0 Å². The molecule has 8 nitrogen and oxygen atoms in total. The largest absolute Gasteiger partial charge is 0.342 e. The first-order chi connectivity index (χ1) is 12.1. The molecule has 3 saturated heterocycles. The minimum atomic E-state index is -2.82. The average molecular weight is 412 g/mol. The van der Waals surface area contributed by atoms with Crippen LogP contribution in [0, 0.1) is 0 Å². The highest BCUT2D eigenvalue weighted by Crippen LogP contribution is 2.51. The Hall–Kier alpha value is 0.330. The molecule has 3 heterocycles. The van der Waals surface area contributed by atoms with E-state index in [1.165, 1.54) is 0 Å². The molecule has 3 fully saturated rings. The van der Waals surface area contributed by atoms with Gasteiger partial charge in [0.15, 0.2) is 17.9 Å². The van der Waals surface area contributed by atoms with Crippen molar-refractivity contribution in [3.8, 4) is 0 Å². The molecule has 5 atom stereocenters. The van der Waals surface area contributed by atoms with Gasteiger partial charge in [0.25, 0.3) is 0 Å². The lowest BCUT2D eigenvalue weighted by atomic mass is 9.99. The van der Waals surface area contributed by atoms with Crippen molar-refractivity contribution in [2.24, 2.45) is 0 Å². The molecule has 3 aliphatic heterocycles. The van der Waals surface area contributed by atoms with Gasteiger partial charge in [0, 0.05) is 0 Å². The Labute approximate surface area is 159 Å². The standard InChI is InChI=1S/C16H29O8PS/c1-7-17-25(26,18-8-2)19-9-10-11-12(22-15(3,4)21-11)13-14(20-10)24-16(5,6)23-13/h10-14H,7-9H2,1-6H3/t10-,11+,12+,13-,14-/m1/s1. The van der Waals surface area contributed by atoms with Crippen molar-refractivity contribution in [3.05, 3.63) is 0 Å². The van der Waals surface area contributed by atoms with Gasteiger partial charge in [-0.2, -0.15) is 0 Å². The van der Waals surface area contributed by atoms with E-state index in [1.807, 2.05) is 41.5 Å². The molecule has 26 heavy (non-hydrogen) atoms. The zero-order valence-corrected chi connectivity index (χ0v) is 17.8. The summed E-state index contributed by atoms with van der Waals surface area (Å²) in [5, 5.41) is 0. The fourth-order valence-corrected chi connectivity index (χ4v) is 5.42. The lowest BCUT2D eigenvalue weighted by Crippen LogP contribution is -2.56. The molecule has 0 aromatic heterocycles. The monoisotopic (exact) mass is 412 g/mol. The fourth-order valence-electron chi connectivity index (χ4n) is 3.42. The van der Waals surface area contributed by atoms with Crippen molar-refractivity contribution in [2.75, 3.05) is 19.8 Å². The molecule has 3 aliphatic rings. The third kappa shape index (κ3) is 4.49. The minimum absolute atomic E-state index is 0.158. The van der Waals surface area contributed by atoms with Crippen LogP contribution in [0.1, 0.15) is 41.5 Å². The first kappa shape index (κ1) is 21.0. The van der Waals surface area contributed by atoms with Gasteiger partial charge in [-0.15, -0.1) is 0 Å². The molecule has 0 bridgehead atoms. The topological polar surface area (TPSA) is 73.8 Å². The summed E-state index contributed by atoms with van der Waals surface area (Å²) < 4.78 is 47.0. The van der Waals surface area contributed by atoms with Gasteiger partial charge in [0.05, 0.1) is 19.8 Å². The van der Waals surface area contributed by atoms with Crippen molar-refractivity contribution in [1.82, 2.24) is 0 Å². The number of rotatable bonds is 7. The van der Waals surface area contributed by atoms with E-state index in [1.54, 1.807) is 0 Å². The fraction of sp³-hybridized carbons (Fsp3) is 1.00. The van der Waals surface area contributed by atoms with Gasteiger partial charge in [0.2, 0.25) is 0 Å². The Bertz CT molecular complexity index is 546. The Balaban J connectivity index is 1.74. The third-order valence-electron chi connectivity index (χ3n) is 4.22. The van der Waals surface area contributed by atoms with Crippen molar-refractivity contribution in [2.45, 2.75) is 83.8 Å². The molecule has 0 N–H and O–H groups in total. The maximum atomic E-state index is 6.09. The molecule has 0 amide bonds. The Morgan fingerprint density at radius 2 is 1.35 bits per heavy atom. The molecule has 0 aromatic rings. The second-order valence-electron chi connectivity index (χ2n) is 7.29. The molecule has 0 aliphatic carbocycles. The van der Waals surface area contributed by atoms with Crippen molar-refractivity contribution in [3.63, 3.8) is 0 Å². The Kier molecular flexibility index (Phi) is 6.18. The predicted molar refractivity (Wildman–Crippen MR) is 96.0 cm³/mol. The molecule has 10 heteroatoms. The van der Waals surface area contributed by atoms with Crippen LogP contribution in [-0.4, -0.2) is 62.1 Å².